The highest BCUT2D eigenvalue weighted by Gasteiger charge is 2.30. The van der Waals surface area contributed by atoms with Crippen LogP contribution < -0.4 is 16.0 Å². The van der Waals surface area contributed by atoms with Crippen molar-refractivity contribution in [2.75, 3.05) is 26.7 Å². The topological polar surface area (TPSA) is 101 Å². The summed E-state index contributed by atoms with van der Waals surface area (Å²) in [5.41, 5.74) is -1.06. The van der Waals surface area contributed by atoms with Crippen LogP contribution in [0.15, 0.2) is 4.99 Å². The molecule has 0 saturated heterocycles. The molecule has 28 heavy (non-hydrogen) atoms. The number of ether oxygens (including phenoxy) is 2. The van der Waals surface area contributed by atoms with Gasteiger partial charge in [-0.15, -0.1) is 24.0 Å². The van der Waals surface area contributed by atoms with Crippen molar-refractivity contribution in [3.8, 4) is 0 Å². The van der Waals surface area contributed by atoms with Gasteiger partial charge in [-0.25, -0.2) is 4.79 Å². The number of methoxy groups -OCH3 is 1. The quantitative estimate of drug-likeness (QED) is 0.189. The van der Waals surface area contributed by atoms with Crippen LogP contribution in [0.4, 0.5) is 4.79 Å². The summed E-state index contributed by atoms with van der Waals surface area (Å²) >= 11 is 0. The molecule has 0 fully saturated rings. The van der Waals surface area contributed by atoms with Crippen molar-refractivity contribution in [3.63, 3.8) is 0 Å². The zero-order valence-electron chi connectivity index (χ0n) is 18.6. The first kappa shape index (κ1) is 28.9. The maximum Gasteiger partial charge on any atom is 0.408 e. The van der Waals surface area contributed by atoms with Gasteiger partial charge in [0.15, 0.2) is 5.96 Å². The lowest BCUT2D eigenvalue weighted by Crippen LogP contribution is -2.52. The molecule has 0 aliphatic heterocycles. The molecule has 3 N–H and O–H groups in total. The molecule has 0 rings (SSSR count). The van der Waals surface area contributed by atoms with Gasteiger partial charge < -0.3 is 25.4 Å². The van der Waals surface area contributed by atoms with E-state index in [2.05, 4.69) is 20.9 Å². The molecule has 0 aliphatic carbocycles. The lowest BCUT2D eigenvalue weighted by Gasteiger charge is -2.32. The van der Waals surface area contributed by atoms with E-state index in [1.807, 2.05) is 41.5 Å². The minimum absolute atomic E-state index is 0. The Bertz CT molecular complexity index is 503. The number of hydrogen-bond donors (Lipinski definition) is 3. The predicted octanol–water partition coefficient (Wildman–Crippen LogP) is 3.05. The van der Waals surface area contributed by atoms with Gasteiger partial charge in [0.2, 0.25) is 0 Å². The van der Waals surface area contributed by atoms with E-state index < -0.39 is 17.2 Å². The molecule has 1 atom stereocenters. The van der Waals surface area contributed by atoms with E-state index in [0.29, 0.717) is 38.4 Å². The largest absolute Gasteiger partial charge is 0.469 e. The summed E-state index contributed by atoms with van der Waals surface area (Å²) in [5.74, 6) is 0.0211. The van der Waals surface area contributed by atoms with E-state index in [-0.39, 0.29) is 35.9 Å². The number of carbonyl (C=O) groups excluding carboxylic acids is 2. The number of alkyl carbamates (subject to hydrolysis) is 1. The Labute approximate surface area is 187 Å². The van der Waals surface area contributed by atoms with E-state index in [1.54, 1.807) is 6.92 Å². The Morgan fingerprint density at radius 3 is 2.07 bits per heavy atom. The highest BCUT2D eigenvalue weighted by atomic mass is 127. The third-order valence-electron chi connectivity index (χ3n) is 4.18. The Balaban J connectivity index is 0. The van der Waals surface area contributed by atoms with Gasteiger partial charge >= 0.3 is 12.1 Å². The second-order valence-electron chi connectivity index (χ2n) is 7.61. The molecule has 0 saturated carbocycles. The second kappa shape index (κ2) is 13.8. The first-order valence-corrected chi connectivity index (χ1v) is 9.63. The van der Waals surface area contributed by atoms with Crippen molar-refractivity contribution in [2.45, 2.75) is 72.4 Å². The number of aliphatic imine (C=N–C) groups is 1. The zero-order valence-corrected chi connectivity index (χ0v) is 20.9. The first-order valence-electron chi connectivity index (χ1n) is 9.63. The zero-order chi connectivity index (χ0) is 21.1. The average Bonchev–Trinajstić information content (AvgIpc) is 2.60. The number of halogens is 1. The number of nitrogens with zero attached hydrogens (tertiary/aromatic N) is 1. The molecule has 0 bridgehead atoms. The second-order valence-corrected chi connectivity index (χ2v) is 7.61. The standard InChI is InChI=1S/C19H38N4O4.HI/c1-9-19(10-2,23-17(25)27-18(5,6)7)13-22-16(20-11-3)21-12-14(4)15(24)26-8;/h14H,9-13H2,1-8H3,(H,23,25)(H2,20,21,22);1H. The molecule has 8 nitrogen and oxygen atoms in total. The van der Waals surface area contributed by atoms with Crippen molar-refractivity contribution >= 4 is 42.0 Å². The summed E-state index contributed by atoms with van der Waals surface area (Å²) in [6, 6.07) is 0. The Morgan fingerprint density at radius 2 is 1.64 bits per heavy atom. The molecular weight excluding hydrogens is 475 g/mol. The van der Waals surface area contributed by atoms with Crippen LogP contribution in [-0.2, 0) is 14.3 Å². The maximum atomic E-state index is 12.2. The van der Waals surface area contributed by atoms with Crippen LogP contribution in [0.25, 0.3) is 0 Å². The van der Waals surface area contributed by atoms with Gasteiger partial charge in [-0.3, -0.25) is 9.79 Å². The molecule has 1 amide bonds. The Hall–Kier alpha value is -1.26. The summed E-state index contributed by atoms with van der Waals surface area (Å²) < 4.78 is 10.1. The number of guanidine groups is 1. The van der Waals surface area contributed by atoms with E-state index in [9.17, 15) is 9.59 Å². The molecule has 0 aliphatic rings. The number of nitrogens with one attached hydrogen (secondary N) is 3. The third kappa shape index (κ3) is 11.6. The van der Waals surface area contributed by atoms with Crippen LogP contribution >= 0.6 is 24.0 Å². The molecule has 1 unspecified atom stereocenters. The average molecular weight is 514 g/mol. The molecule has 166 valence electrons. The smallest absolute Gasteiger partial charge is 0.408 e. The van der Waals surface area contributed by atoms with E-state index >= 15 is 0 Å². The number of amides is 1. The van der Waals surface area contributed by atoms with E-state index in [0.717, 1.165) is 0 Å². The Kier molecular flexibility index (Phi) is 14.3. The van der Waals surface area contributed by atoms with Crippen molar-refractivity contribution in [1.82, 2.24) is 16.0 Å². The predicted molar refractivity (Wildman–Crippen MR) is 123 cm³/mol. The summed E-state index contributed by atoms with van der Waals surface area (Å²) in [7, 11) is 1.37. The summed E-state index contributed by atoms with van der Waals surface area (Å²) in [5, 5.41) is 9.27. The Morgan fingerprint density at radius 1 is 1.07 bits per heavy atom. The molecule has 0 heterocycles. The van der Waals surface area contributed by atoms with Gasteiger partial charge in [0.1, 0.15) is 5.60 Å². The lowest BCUT2D eigenvalue weighted by molar-refractivity contribution is -0.144. The van der Waals surface area contributed by atoms with Gasteiger partial charge in [0.05, 0.1) is 25.1 Å². The number of hydrogen-bond acceptors (Lipinski definition) is 5. The van der Waals surface area contributed by atoms with Crippen LogP contribution in [0.3, 0.4) is 0 Å². The van der Waals surface area contributed by atoms with Gasteiger partial charge in [-0.1, -0.05) is 20.8 Å². The number of rotatable bonds is 9. The van der Waals surface area contributed by atoms with Crippen molar-refractivity contribution in [1.29, 1.82) is 0 Å². The fraction of sp³-hybridized carbons (Fsp3) is 0.842. The summed E-state index contributed by atoms with van der Waals surface area (Å²) in [6.45, 7) is 14.8. The van der Waals surface area contributed by atoms with E-state index in [1.165, 1.54) is 7.11 Å². The fourth-order valence-corrected chi connectivity index (χ4v) is 2.32. The molecule has 0 spiro atoms. The number of carbonyl (C=O) groups is 2. The van der Waals surface area contributed by atoms with Crippen LogP contribution in [0, 0.1) is 5.92 Å². The van der Waals surface area contributed by atoms with Gasteiger partial charge in [0, 0.05) is 13.1 Å². The highest BCUT2D eigenvalue weighted by molar-refractivity contribution is 14.0. The fourth-order valence-electron chi connectivity index (χ4n) is 2.32. The maximum absolute atomic E-state index is 12.2. The summed E-state index contributed by atoms with van der Waals surface area (Å²) in [4.78, 5) is 28.4. The van der Waals surface area contributed by atoms with E-state index in [4.69, 9.17) is 9.47 Å². The van der Waals surface area contributed by atoms with Crippen LogP contribution in [0.2, 0.25) is 0 Å². The normalized spacial score (nSPS) is 13.1. The SMILES string of the molecule is CCNC(=NCC(CC)(CC)NC(=O)OC(C)(C)C)NCC(C)C(=O)OC.I. The molecule has 0 radical (unpaired) electrons. The van der Waals surface area contributed by atoms with Crippen LogP contribution in [-0.4, -0.2) is 55.9 Å². The molecule has 0 aromatic heterocycles. The van der Waals surface area contributed by atoms with Gasteiger partial charge in [-0.2, -0.15) is 0 Å². The number of esters is 1. The van der Waals surface area contributed by atoms with Gasteiger partial charge in [0.25, 0.3) is 0 Å². The first-order chi connectivity index (χ1) is 12.5. The lowest BCUT2D eigenvalue weighted by atomic mass is 9.93. The highest BCUT2D eigenvalue weighted by Crippen LogP contribution is 2.17. The molecular formula is C19H39IN4O4. The monoisotopic (exact) mass is 514 g/mol. The third-order valence-corrected chi connectivity index (χ3v) is 4.18. The molecule has 0 aromatic carbocycles. The van der Waals surface area contributed by atoms with Crippen molar-refractivity contribution in [3.05, 3.63) is 0 Å². The van der Waals surface area contributed by atoms with Crippen molar-refractivity contribution < 1.29 is 19.1 Å². The van der Waals surface area contributed by atoms with Crippen LogP contribution in [0.1, 0.15) is 61.3 Å². The van der Waals surface area contributed by atoms with Gasteiger partial charge in [-0.05, 0) is 40.5 Å². The minimum Gasteiger partial charge on any atom is -0.469 e. The molecule has 0 aromatic rings. The molecule has 9 heteroatoms. The van der Waals surface area contributed by atoms with Crippen molar-refractivity contribution in [2.24, 2.45) is 10.9 Å². The minimum atomic E-state index is -0.554. The summed E-state index contributed by atoms with van der Waals surface area (Å²) in [6.07, 6.45) is 0.979. The van der Waals surface area contributed by atoms with Crippen LogP contribution in [0.5, 0.6) is 0 Å².